The van der Waals surface area contributed by atoms with Gasteiger partial charge in [-0.2, -0.15) is 0 Å². The van der Waals surface area contributed by atoms with Crippen molar-refractivity contribution in [3.05, 3.63) is 47.6 Å². The molecule has 0 saturated carbocycles. The summed E-state index contributed by atoms with van der Waals surface area (Å²) in [5, 5.41) is 0. The number of hydrogen-bond donors (Lipinski definition) is 0. The van der Waals surface area contributed by atoms with E-state index in [0.717, 1.165) is 42.0 Å². The molecule has 0 aliphatic rings. The SMILES string of the molecule is Cc1cncc(CC(C)(C)Cc2cnc(CC(C)C)cn2)n1. The van der Waals surface area contributed by atoms with Crippen molar-refractivity contribution in [2.24, 2.45) is 11.3 Å². The van der Waals surface area contributed by atoms with Crippen molar-refractivity contribution in [1.82, 2.24) is 19.9 Å². The zero-order valence-electron chi connectivity index (χ0n) is 14.3. The molecule has 0 bridgehead atoms. The third-order valence-electron chi connectivity index (χ3n) is 3.50. The molecule has 0 atom stereocenters. The lowest BCUT2D eigenvalue weighted by Crippen LogP contribution is -2.20. The summed E-state index contributed by atoms with van der Waals surface area (Å²) in [5.74, 6) is 0.608. The molecule has 118 valence electrons. The van der Waals surface area contributed by atoms with Gasteiger partial charge in [0.2, 0.25) is 0 Å². The first-order valence-electron chi connectivity index (χ1n) is 7.91. The van der Waals surface area contributed by atoms with E-state index in [4.69, 9.17) is 0 Å². The van der Waals surface area contributed by atoms with Crippen LogP contribution in [0, 0.1) is 18.3 Å². The van der Waals surface area contributed by atoms with Crippen LogP contribution in [0.3, 0.4) is 0 Å². The van der Waals surface area contributed by atoms with E-state index in [-0.39, 0.29) is 5.41 Å². The third kappa shape index (κ3) is 5.17. The van der Waals surface area contributed by atoms with E-state index in [1.54, 1.807) is 6.20 Å². The minimum atomic E-state index is 0.0801. The topological polar surface area (TPSA) is 51.6 Å². The largest absolute Gasteiger partial charge is 0.261 e. The summed E-state index contributed by atoms with van der Waals surface area (Å²) in [7, 11) is 0. The molecule has 0 amide bonds. The summed E-state index contributed by atoms with van der Waals surface area (Å²) in [4.78, 5) is 17.9. The molecule has 0 unspecified atom stereocenters. The van der Waals surface area contributed by atoms with Gasteiger partial charge in [0.25, 0.3) is 0 Å². The van der Waals surface area contributed by atoms with Gasteiger partial charge in [-0.1, -0.05) is 27.7 Å². The van der Waals surface area contributed by atoms with Gasteiger partial charge in [0.15, 0.2) is 0 Å². The molecular weight excluding hydrogens is 272 g/mol. The van der Waals surface area contributed by atoms with Crippen molar-refractivity contribution >= 4 is 0 Å². The first-order valence-corrected chi connectivity index (χ1v) is 7.91. The fraction of sp³-hybridized carbons (Fsp3) is 0.556. The van der Waals surface area contributed by atoms with Crippen LogP contribution in [0.25, 0.3) is 0 Å². The van der Waals surface area contributed by atoms with Crippen LogP contribution in [0.1, 0.15) is 50.5 Å². The van der Waals surface area contributed by atoms with Crippen LogP contribution < -0.4 is 0 Å². The molecule has 2 aromatic heterocycles. The maximum absolute atomic E-state index is 4.58. The van der Waals surface area contributed by atoms with Gasteiger partial charge in [0, 0.05) is 24.8 Å². The Morgan fingerprint density at radius 1 is 0.909 bits per heavy atom. The molecule has 0 radical (unpaired) electrons. The van der Waals surface area contributed by atoms with Crippen molar-refractivity contribution < 1.29 is 0 Å². The molecule has 0 fully saturated rings. The summed E-state index contributed by atoms with van der Waals surface area (Å²) < 4.78 is 0. The Morgan fingerprint density at radius 3 is 2.14 bits per heavy atom. The van der Waals surface area contributed by atoms with E-state index in [0.29, 0.717) is 5.92 Å². The van der Waals surface area contributed by atoms with Gasteiger partial charge in [-0.15, -0.1) is 0 Å². The molecule has 0 spiro atoms. The van der Waals surface area contributed by atoms with Gasteiger partial charge < -0.3 is 0 Å². The Kier molecular flexibility index (Phi) is 5.22. The fourth-order valence-electron chi connectivity index (χ4n) is 2.64. The molecule has 0 saturated heterocycles. The van der Waals surface area contributed by atoms with Gasteiger partial charge in [-0.25, -0.2) is 0 Å². The molecule has 2 aromatic rings. The van der Waals surface area contributed by atoms with E-state index < -0.39 is 0 Å². The zero-order valence-corrected chi connectivity index (χ0v) is 14.3. The van der Waals surface area contributed by atoms with Crippen LogP contribution in [0.15, 0.2) is 24.8 Å². The highest BCUT2D eigenvalue weighted by molar-refractivity contribution is 5.08. The number of aryl methyl sites for hydroxylation is 1. The lowest BCUT2D eigenvalue weighted by atomic mass is 9.83. The van der Waals surface area contributed by atoms with Crippen LogP contribution in [-0.4, -0.2) is 19.9 Å². The van der Waals surface area contributed by atoms with Crippen molar-refractivity contribution in [2.75, 3.05) is 0 Å². The molecule has 0 N–H and O–H groups in total. The molecule has 2 rings (SSSR count). The molecule has 0 aliphatic carbocycles. The van der Waals surface area contributed by atoms with Crippen LogP contribution >= 0.6 is 0 Å². The molecule has 4 heteroatoms. The quantitative estimate of drug-likeness (QED) is 0.818. The fourth-order valence-corrected chi connectivity index (χ4v) is 2.64. The molecule has 4 nitrogen and oxygen atoms in total. The van der Waals surface area contributed by atoms with Crippen LogP contribution in [0.5, 0.6) is 0 Å². The summed E-state index contributed by atoms with van der Waals surface area (Å²) in [6, 6.07) is 0. The number of aromatic nitrogens is 4. The molecule has 22 heavy (non-hydrogen) atoms. The highest BCUT2D eigenvalue weighted by Gasteiger charge is 2.21. The Hall–Kier alpha value is -1.84. The van der Waals surface area contributed by atoms with Crippen LogP contribution in [-0.2, 0) is 19.3 Å². The van der Waals surface area contributed by atoms with Crippen molar-refractivity contribution in [2.45, 2.75) is 53.9 Å². The lowest BCUT2D eigenvalue weighted by molar-refractivity contribution is 0.351. The van der Waals surface area contributed by atoms with Gasteiger partial charge in [0.1, 0.15) is 0 Å². The summed E-state index contributed by atoms with van der Waals surface area (Å²) in [6.45, 7) is 10.8. The summed E-state index contributed by atoms with van der Waals surface area (Å²) in [6.07, 6.45) is 10.2. The second-order valence-electron chi connectivity index (χ2n) is 7.27. The van der Waals surface area contributed by atoms with E-state index in [1.807, 2.05) is 25.5 Å². The van der Waals surface area contributed by atoms with Crippen molar-refractivity contribution in [3.8, 4) is 0 Å². The number of nitrogens with zero attached hydrogens (tertiary/aromatic N) is 4. The monoisotopic (exact) mass is 298 g/mol. The highest BCUT2D eigenvalue weighted by atomic mass is 14.8. The summed E-state index contributed by atoms with van der Waals surface area (Å²) >= 11 is 0. The maximum Gasteiger partial charge on any atom is 0.0595 e. The molecule has 2 heterocycles. The standard InChI is InChI=1S/C18H26N4/c1-13(2)6-15-11-21-16(12-20-15)7-18(4,5)8-17-10-19-9-14(3)22-17/h9-13H,6-8H2,1-5H3. The van der Waals surface area contributed by atoms with E-state index >= 15 is 0 Å². The Labute approximate surface area is 133 Å². The van der Waals surface area contributed by atoms with Gasteiger partial charge in [-0.05, 0) is 37.5 Å². The van der Waals surface area contributed by atoms with Gasteiger partial charge in [-0.3, -0.25) is 19.9 Å². The first-order chi connectivity index (χ1) is 10.3. The first kappa shape index (κ1) is 16.5. The summed E-state index contributed by atoms with van der Waals surface area (Å²) in [5.41, 5.74) is 4.19. The van der Waals surface area contributed by atoms with E-state index in [9.17, 15) is 0 Å². The third-order valence-corrected chi connectivity index (χ3v) is 3.50. The van der Waals surface area contributed by atoms with Crippen molar-refractivity contribution in [3.63, 3.8) is 0 Å². The molecular formula is C18H26N4. The van der Waals surface area contributed by atoms with Gasteiger partial charge in [0.05, 0.1) is 22.8 Å². The van der Waals surface area contributed by atoms with Gasteiger partial charge >= 0.3 is 0 Å². The van der Waals surface area contributed by atoms with Crippen LogP contribution in [0.2, 0.25) is 0 Å². The average Bonchev–Trinajstić information content (AvgIpc) is 2.39. The molecule has 0 aromatic carbocycles. The highest BCUT2D eigenvalue weighted by Crippen LogP contribution is 2.25. The average molecular weight is 298 g/mol. The minimum absolute atomic E-state index is 0.0801. The Balaban J connectivity index is 2.01. The van der Waals surface area contributed by atoms with E-state index in [2.05, 4.69) is 47.6 Å². The Morgan fingerprint density at radius 2 is 1.55 bits per heavy atom. The van der Waals surface area contributed by atoms with Crippen LogP contribution in [0.4, 0.5) is 0 Å². The second kappa shape index (κ2) is 6.95. The second-order valence-corrected chi connectivity index (χ2v) is 7.27. The minimum Gasteiger partial charge on any atom is -0.261 e. The normalized spacial score (nSPS) is 11.9. The molecule has 0 aliphatic heterocycles. The smallest absolute Gasteiger partial charge is 0.0595 e. The Bertz CT molecular complexity index is 603. The van der Waals surface area contributed by atoms with Crippen molar-refractivity contribution in [1.29, 1.82) is 0 Å². The number of rotatable bonds is 6. The lowest BCUT2D eigenvalue weighted by Gasteiger charge is -2.23. The van der Waals surface area contributed by atoms with E-state index in [1.165, 1.54) is 0 Å². The number of hydrogen-bond acceptors (Lipinski definition) is 4. The predicted octanol–water partition coefficient (Wildman–Crippen LogP) is 3.58. The predicted molar refractivity (Wildman–Crippen MR) is 88.5 cm³/mol. The maximum atomic E-state index is 4.58. The zero-order chi connectivity index (χ0) is 16.2.